The molecule has 0 radical (unpaired) electrons. The number of hydrogen-bond donors (Lipinski definition) is 6. The van der Waals surface area contributed by atoms with Crippen molar-refractivity contribution in [2.75, 3.05) is 0 Å². The predicted octanol–water partition coefficient (Wildman–Crippen LogP) is 4.13. The molecule has 0 fully saturated rings. The minimum absolute atomic E-state index is 0.00552. The highest BCUT2D eigenvalue weighted by Crippen LogP contribution is 2.20. The lowest BCUT2D eigenvalue weighted by Gasteiger charge is -2.26. The van der Waals surface area contributed by atoms with Crippen LogP contribution in [0.4, 0.5) is 4.79 Å². The zero-order chi connectivity index (χ0) is 36.3. The molecule has 13 heteroatoms. The second-order valence-electron chi connectivity index (χ2n) is 12.8. The normalized spacial score (nSPS) is 13.0. The van der Waals surface area contributed by atoms with Crippen molar-refractivity contribution in [3.8, 4) is 5.75 Å². The van der Waals surface area contributed by atoms with Crippen molar-refractivity contribution >= 4 is 40.7 Å². The number of carbonyl (C=O) groups excluding carboxylic acids is 4. The molecule has 3 aromatic carbocycles. The van der Waals surface area contributed by atoms with Crippen LogP contribution >= 0.6 is 0 Å². The van der Waals surface area contributed by atoms with E-state index in [1.165, 1.54) is 12.1 Å². The summed E-state index contributed by atoms with van der Waals surface area (Å²) in [6.45, 7) is 4.87. The average Bonchev–Trinajstić information content (AvgIpc) is 3.48. The van der Waals surface area contributed by atoms with Gasteiger partial charge in [-0.05, 0) is 62.1 Å². The molecule has 6 N–H and O–H groups in total. The summed E-state index contributed by atoms with van der Waals surface area (Å²) in [5.74, 6) is -3.47. The van der Waals surface area contributed by atoms with E-state index in [9.17, 15) is 34.2 Å². The molecule has 50 heavy (non-hydrogen) atoms. The number of alkyl carbamates (subject to hydrolysis) is 1. The van der Waals surface area contributed by atoms with Crippen molar-refractivity contribution in [1.82, 2.24) is 20.9 Å². The van der Waals surface area contributed by atoms with Crippen LogP contribution in [-0.2, 0) is 48.1 Å². The van der Waals surface area contributed by atoms with Gasteiger partial charge in [-0.3, -0.25) is 14.4 Å². The number of aromatic amines is 1. The van der Waals surface area contributed by atoms with E-state index in [0.29, 0.717) is 5.56 Å². The Balaban J connectivity index is 1.60. The summed E-state index contributed by atoms with van der Waals surface area (Å²) in [4.78, 5) is 68.3. The SMILES string of the molecule is CC(C)(C)OC(=O)N[C@@H](CCC(=O)O)C(=O)N[C@@H](Cc1ccc(O)cc1)C(=O)N[C@@H](Cc1c[nH]c2ccccc12)C(=O)OCc1ccccc1. The molecule has 0 saturated heterocycles. The molecule has 4 aromatic rings. The molecule has 0 aliphatic carbocycles. The second kappa shape index (κ2) is 17.0. The number of aromatic hydroxyl groups is 1. The van der Waals surface area contributed by atoms with Gasteiger partial charge in [0.15, 0.2) is 0 Å². The van der Waals surface area contributed by atoms with Gasteiger partial charge in [-0.25, -0.2) is 9.59 Å². The van der Waals surface area contributed by atoms with E-state index in [1.807, 2.05) is 42.5 Å². The number of carboxylic acids is 1. The lowest BCUT2D eigenvalue weighted by atomic mass is 10.0. The summed E-state index contributed by atoms with van der Waals surface area (Å²) in [7, 11) is 0. The third kappa shape index (κ3) is 11.4. The molecule has 264 valence electrons. The molecule has 0 aliphatic heterocycles. The van der Waals surface area contributed by atoms with Gasteiger partial charge >= 0.3 is 18.0 Å². The number of para-hydroxylation sites is 1. The van der Waals surface area contributed by atoms with Crippen LogP contribution < -0.4 is 16.0 Å². The van der Waals surface area contributed by atoms with E-state index in [-0.39, 0.29) is 31.6 Å². The fourth-order valence-electron chi connectivity index (χ4n) is 5.15. The molecular formula is C37H42N4O9. The van der Waals surface area contributed by atoms with Crippen LogP contribution in [0.1, 0.15) is 50.3 Å². The molecule has 1 heterocycles. The van der Waals surface area contributed by atoms with Crippen LogP contribution in [0.25, 0.3) is 10.9 Å². The molecular weight excluding hydrogens is 644 g/mol. The molecule has 13 nitrogen and oxygen atoms in total. The predicted molar refractivity (Wildman–Crippen MR) is 184 cm³/mol. The topological polar surface area (TPSA) is 196 Å². The number of aromatic nitrogens is 1. The summed E-state index contributed by atoms with van der Waals surface area (Å²) >= 11 is 0. The fraction of sp³-hybridized carbons (Fsp3) is 0.324. The Kier molecular flexibility index (Phi) is 12.6. The summed E-state index contributed by atoms with van der Waals surface area (Å²) < 4.78 is 10.9. The molecule has 0 bridgehead atoms. The smallest absolute Gasteiger partial charge is 0.408 e. The van der Waals surface area contributed by atoms with Crippen LogP contribution in [0, 0.1) is 0 Å². The van der Waals surface area contributed by atoms with Gasteiger partial charge in [0.25, 0.3) is 0 Å². The molecule has 4 rings (SSSR count). The maximum Gasteiger partial charge on any atom is 0.408 e. The number of esters is 1. The number of phenolic OH excluding ortho intramolecular Hbond substituents is 1. The molecule has 1 aromatic heterocycles. The van der Waals surface area contributed by atoms with Gasteiger partial charge in [-0.2, -0.15) is 0 Å². The second-order valence-corrected chi connectivity index (χ2v) is 12.8. The monoisotopic (exact) mass is 686 g/mol. The third-order valence-corrected chi connectivity index (χ3v) is 7.59. The van der Waals surface area contributed by atoms with Crippen LogP contribution in [-0.4, -0.2) is 68.8 Å². The first kappa shape index (κ1) is 37.0. The molecule has 0 saturated carbocycles. The molecule has 0 unspecified atom stereocenters. The fourth-order valence-corrected chi connectivity index (χ4v) is 5.15. The van der Waals surface area contributed by atoms with Crippen molar-refractivity contribution in [3.63, 3.8) is 0 Å². The number of fused-ring (bicyclic) bond motifs is 1. The van der Waals surface area contributed by atoms with Crippen molar-refractivity contribution in [2.45, 2.75) is 76.8 Å². The first-order chi connectivity index (χ1) is 23.8. The maximum atomic E-state index is 14.0. The van der Waals surface area contributed by atoms with Gasteiger partial charge in [0, 0.05) is 36.4 Å². The minimum Gasteiger partial charge on any atom is -0.508 e. The number of nitrogens with one attached hydrogen (secondary N) is 4. The summed E-state index contributed by atoms with van der Waals surface area (Å²) in [6.07, 6.45) is 0.0485. The van der Waals surface area contributed by atoms with Crippen molar-refractivity contribution in [1.29, 1.82) is 0 Å². The van der Waals surface area contributed by atoms with Crippen LogP contribution in [0.15, 0.2) is 85.1 Å². The van der Waals surface area contributed by atoms with Gasteiger partial charge in [-0.1, -0.05) is 60.7 Å². The largest absolute Gasteiger partial charge is 0.508 e. The quantitative estimate of drug-likeness (QED) is 0.0997. The van der Waals surface area contributed by atoms with Gasteiger partial charge in [0.1, 0.15) is 36.1 Å². The number of rotatable bonds is 15. The first-order valence-corrected chi connectivity index (χ1v) is 16.1. The Morgan fingerprint density at radius 3 is 2.08 bits per heavy atom. The van der Waals surface area contributed by atoms with E-state index in [2.05, 4.69) is 20.9 Å². The zero-order valence-electron chi connectivity index (χ0n) is 28.1. The highest BCUT2D eigenvalue weighted by atomic mass is 16.6. The summed E-state index contributed by atoms with van der Waals surface area (Å²) in [6, 6.07) is 18.7. The van der Waals surface area contributed by atoms with E-state index in [4.69, 9.17) is 9.47 Å². The third-order valence-electron chi connectivity index (χ3n) is 7.59. The van der Waals surface area contributed by atoms with Gasteiger partial charge < -0.3 is 40.6 Å². The standard InChI is InChI=1S/C37H42N4O9/c1-37(2,3)50-36(48)41-29(17-18-32(43)44)33(45)39-30(19-23-13-15-26(42)16-14-23)34(46)40-31(35(47)49-22-24-9-5-4-6-10-24)20-25-21-38-28-12-8-7-11-27(25)28/h4-16,21,29-31,38,42H,17-20,22H2,1-3H3,(H,39,45)(H,40,46)(H,41,48)(H,43,44)/t29-,30-,31-/m0/s1. The maximum absolute atomic E-state index is 14.0. The number of hydrogen-bond acceptors (Lipinski definition) is 8. The lowest BCUT2D eigenvalue weighted by Crippen LogP contribution is -2.57. The number of H-pyrrole nitrogens is 1. The number of carbonyl (C=O) groups is 5. The van der Waals surface area contributed by atoms with Crippen LogP contribution in [0.2, 0.25) is 0 Å². The Morgan fingerprint density at radius 1 is 0.760 bits per heavy atom. The highest BCUT2D eigenvalue weighted by molar-refractivity contribution is 5.94. The van der Waals surface area contributed by atoms with Gasteiger partial charge in [0.05, 0.1) is 0 Å². The zero-order valence-corrected chi connectivity index (χ0v) is 28.1. The van der Waals surface area contributed by atoms with E-state index >= 15 is 0 Å². The van der Waals surface area contributed by atoms with E-state index < -0.39 is 60.0 Å². The molecule has 3 atom stereocenters. The molecule has 0 spiro atoms. The van der Waals surface area contributed by atoms with Crippen molar-refractivity contribution in [2.24, 2.45) is 0 Å². The number of ether oxygens (including phenoxy) is 2. The highest BCUT2D eigenvalue weighted by Gasteiger charge is 2.32. The molecule has 0 aliphatic rings. The Hall–Kier alpha value is -5.85. The Morgan fingerprint density at radius 2 is 1.40 bits per heavy atom. The first-order valence-electron chi connectivity index (χ1n) is 16.1. The van der Waals surface area contributed by atoms with Crippen molar-refractivity contribution in [3.05, 3.63) is 102 Å². The number of carboxylic acid groups (broad SMARTS) is 1. The van der Waals surface area contributed by atoms with Gasteiger partial charge in [0.2, 0.25) is 11.8 Å². The van der Waals surface area contributed by atoms with Crippen LogP contribution in [0.3, 0.4) is 0 Å². The Labute approximate surface area is 289 Å². The van der Waals surface area contributed by atoms with E-state index in [1.54, 1.807) is 51.2 Å². The summed E-state index contributed by atoms with van der Waals surface area (Å²) in [5.41, 5.74) is 2.00. The number of benzene rings is 3. The summed E-state index contributed by atoms with van der Waals surface area (Å²) in [5, 5.41) is 27.7. The van der Waals surface area contributed by atoms with Gasteiger partial charge in [-0.15, -0.1) is 0 Å². The lowest BCUT2D eigenvalue weighted by molar-refractivity contribution is -0.149. The number of amides is 3. The molecule has 3 amide bonds. The van der Waals surface area contributed by atoms with E-state index in [0.717, 1.165) is 22.0 Å². The number of aliphatic carboxylic acids is 1. The number of phenols is 1. The minimum atomic E-state index is -1.37. The van der Waals surface area contributed by atoms with Crippen molar-refractivity contribution < 1.29 is 43.7 Å². The average molecular weight is 687 g/mol. The Bertz CT molecular complexity index is 1780. The van der Waals surface area contributed by atoms with Crippen LogP contribution in [0.5, 0.6) is 5.75 Å².